The average Bonchev–Trinajstić information content (AvgIpc) is 2.80. The quantitative estimate of drug-likeness (QED) is 0.420. The molecule has 0 aliphatic rings. The highest BCUT2D eigenvalue weighted by atomic mass is 16.5. The lowest BCUT2D eigenvalue weighted by Gasteiger charge is -2.13. The number of nitrogens with zero attached hydrogens (tertiary/aromatic N) is 1. The molecule has 1 heterocycles. The second-order valence-corrected chi connectivity index (χ2v) is 7.10. The second kappa shape index (κ2) is 9.42. The Morgan fingerprint density at radius 3 is 2.30 bits per heavy atom. The zero-order chi connectivity index (χ0) is 20.8. The van der Waals surface area contributed by atoms with Crippen LogP contribution in [0.2, 0.25) is 0 Å². The van der Waals surface area contributed by atoms with Gasteiger partial charge in [-0.25, -0.2) is 0 Å². The van der Waals surface area contributed by atoms with Crippen molar-refractivity contribution in [2.75, 3.05) is 13.7 Å². The number of ether oxygens (including phenoxy) is 2. The molecule has 0 aliphatic heterocycles. The molecule has 4 heteroatoms. The molecule has 0 aliphatic carbocycles. The maximum Gasteiger partial charge on any atom is 0.119 e. The minimum absolute atomic E-state index is 0.673. The Hall–Kier alpha value is -3.37. The Labute approximate surface area is 177 Å². The monoisotopic (exact) mass is 398 g/mol. The fraction of sp³-hybridized carbons (Fsp3) is 0.192. The molecule has 4 nitrogen and oxygen atoms in total. The number of rotatable bonds is 8. The molecule has 0 saturated carbocycles. The van der Waals surface area contributed by atoms with Gasteiger partial charge in [-0.3, -0.25) is 4.98 Å². The van der Waals surface area contributed by atoms with Gasteiger partial charge in [-0.15, -0.1) is 0 Å². The van der Waals surface area contributed by atoms with Crippen LogP contribution in [-0.4, -0.2) is 18.7 Å². The highest BCUT2D eigenvalue weighted by Crippen LogP contribution is 2.31. The largest absolute Gasteiger partial charge is 0.497 e. The van der Waals surface area contributed by atoms with E-state index in [-0.39, 0.29) is 0 Å². The maximum atomic E-state index is 5.57. The van der Waals surface area contributed by atoms with Gasteiger partial charge in [-0.2, -0.15) is 0 Å². The van der Waals surface area contributed by atoms with Gasteiger partial charge < -0.3 is 14.8 Å². The van der Waals surface area contributed by atoms with Crippen molar-refractivity contribution in [1.82, 2.24) is 10.3 Å². The topological polar surface area (TPSA) is 43.4 Å². The van der Waals surface area contributed by atoms with E-state index >= 15 is 0 Å². The van der Waals surface area contributed by atoms with Crippen molar-refractivity contribution in [3.8, 4) is 22.6 Å². The van der Waals surface area contributed by atoms with E-state index in [4.69, 9.17) is 9.47 Å². The summed E-state index contributed by atoms with van der Waals surface area (Å²) in [5.74, 6) is 1.77. The molecule has 0 saturated heterocycles. The van der Waals surface area contributed by atoms with Gasteiger partial charge >= 0.3 is 0 Å². The minimum Gasteiger partial charge on any atom is -0.497 e. The average molecular weight is 399 g/mol. The standard InChI is InChI=1S/C26H26N2O2/c1-3-30-23-11-6-20(7-12-23)24-13-8-21(26-18-27-15-14-25(24)26)17-28-16-19-4-9-22(29-2)10-5-19/h4-15,18,28H,3,16-17H2,1-2H3. The number of nitrogens with one attached hydrogen (secondary N) is 1. The Morgan fingerprint density at radius 1 is 0.800 bits per heavy atom. The zero-order valence-electron chi connectivity index (χ0n) is 17.4. The van der Waals surface area contributed by atoms with Crippen LogP contribution in [0.5, 0.6) is 11.5 Å². The summed E-state index contributed by atoms with van der Waals surface area (Å²) >= 11 is 0. The number of fused-ring (bicyclic) bond motifs is 1. The Kier molecular flexibility index (Phi) is 6.26. The Balaban J connectivity index is 1.54. The van der Waals surface area contributed by atoms with Crippen LogP contribution in [0.25, 0.3) is 21.9 Å². The second-order valence-electron chi connectivity index (χ2n) is 7.10. The zero-order valence-corrected chi connectivity index (χ0v) is 17.4. The van der Waals surface area contributed by atoms with E-state index < -0.39 is 0 Å². The van der Waals surface area contributed by atoms with Gasteiger partial charge in [-0.1, -0.05) is 36.4 Å². The summed E-state index contributed by atoms with van der Waals surface area (Å²) in [6.45, 7) is 4.24. The van der Waals surface area contributed by atoms with Gasteiger partial charge in [0.1, 0.15) is 11.5 Å². The van der Waals surface area contributed by atoms with E-state index in [9.17, 15) is 0 Å². The first-order valence-corrected chi connectivity index (χ1v) is 10.2. The highest BCUT2D eigenvalue weighted by Gasteiger charge is 2.08. The summed E-state index contributed by atoms with van der Waals surface area (Å²) in [5.41, 5.74) is 4.84. The Morgan fingerprint density at radius 2 is 1.57 bits per heavy atom. The molecule has 1 N–H and O–H groups in total. The van der Waals surface area contributed by atoms with E-state index in [0.717, 1.165) is 24.6 Å². The lowest BCUT2D eigenvalue weighted by molar-refractivity contribution is 0.340. The van der Waals surface area contributed by atoms with E-state index in [2.05, 4.69) is 52.8 Å². The predicted molar refractivity (Wildman–Crippen MR) is 122 cm³/mol. The third kappa shape index (κ3) is 4.44. The van der Waals surface area contributed by atoms with E-state index in [0.29, 0.717) is 6.61 Å². The van der Waals surface area contributed by atoms with Crippen molar-refractivity contribution in [2.45, 2.75) is 20.0 Å². The first-order chi connectivity index (χ1) is 14.8. The SMILES string of the molecule is CCOc1ccc(-c2ccc(CNCc3ccc(OC)cc3)c3cnccc23)cc1. The number of aromatic nitrogens is 1. The van der Waals surface area contributed by atoms with Crippen LogP contribution in [0.1, 0.15) is 18.1 Å². The fourth-order valence-corrected chi connectivity index (χ4v) is 3.64. The van der Waals surface area contributed by atoms with Gasteiger partial charge in [0.15, 0.2) is 0 Å². The summed E-state index contributed by atoms with van der Waals surface area (Å²) in [4.78, 5) is 4.37. The minimum atomic E-state index is 0.673. The van der Waals surface area contributed by atoms with Crippen molar-refractivity contribution >= 4 is 10.8 Å². The highest BCUT2D eigenvalue weighted by molar-refractivity contribution is 5.98. The van der Waals surface area contributed by atoms with Gasteiger partial charge in [0.25, 0.3) is 0 Å². The molecule has 0 fully saturated rings. The van der Waals surface area contributed by atoms with Crippen LogP contribution < -0.4 is 14.8 Å². The Bertz CT molecular complexity index is 1110. The molecule has 0 amide bonds. The first-order valence-electron chi connectivity index (χ1n) is 10.2. The van der Waals surface area contributed by atoms with E-state index in [1.54, 1.807) is 7.11 Å². The lowest BCUT2D eigenvalue weighted by atomic mass is 9.96. The lowest BCUT2D eigenvalue weighted by Crippen LogP contribution is -2.13. The van der Waals surface area contributed by atoms with Crippen molar-refractivity contribution in [1.29, 1.82) is 0 Å². The van der Waals surface area contributed by atoms with Crippen LogP contribution in [-0.2, 0) is 13.1 Å². The van der Waals surface area contributed by atoms with Crippen LogP contribution in [0.4, 0.5) is 0 Å². The molecule has 0 bridgehead atoms. The molecule has 30 heavy (non-hydrogen) atoms. The van der Waals surface area contributed by atoms with Gasteiger partial charge in [0.05, 0.1) is 13.7 Å². The van der Waals surface area contributed by atoms with Gasteiger partial charge in [-0.05, 0) is 64.9 Å². The van der Waals surface area contributed by atoms with Crippen molar-refractivity contribution < 1.29 is 9.47 Å². The molecule has 4 rings (SSSR count). The molecule has 0 spiro atoms. The smallest absolute Gasteiger partial charge is 0.119 e. The number of benzene rings is 3. The normalized spacial score (nSPS) is 10.9. The molecule has 0 radical (unpaired) electrons. The molecule has 0 unspecified atom stereocenters. The molecule has 3 aromatic carbocycles. The fourth-order valence-electron chi connectivity index (χ4n) is 3.64. The van der Waals surface area contributed by atoms with E-state index in [1.165, 1.54) is 33.0 Å². The first kappa shape index (κ1) is 19.9. The molecule has 4 aromatic rings. The van der Waals surface area contributed by atoms with Crippen LogP contribution in [0.15, 0.2) is 79.1 Å². The molecule has 0 atom stereocenters. The van der Waals surface area contributed by atoms with Crippen molar-refractivity contribution in [3.63, 3.8) is 0 Å². The van der Waals surface area contributed by atoms with Crippen molar-refractivity contribution in [2.24, 2.45) is 0 Å². The molecule has 152 valence electrons. The van der Waals surface area contributed by atoms with E-state index in [1.807, 2.05) is 43.6 Å². The van der Waals surface area contributed by atoms with Gasteiger partial charge in [0, 0.05) is 30.9 Å². The number of hydrogen-bond acceptors (Lipinski definition) is 4. The van der Waals surface area contributed by atoms with Gasteiger partial charge in [0.2, 0.25) is 0 Å². The molecular weight excluding hydrogens is 372 g/mol. The predicted octanol–water partition coefficient (Wildman–Crippen LogP) is 5.60. The third-order valence-electron chi connectivity index (χ3n) is 5.19. The number of methoxy groups -OCH3 is 1. The maximum absolute atomic E-state index is 5.57. The third-order valence-corrected chi connectivity index (χ3v) is 5.19. The summed E-state index contributed by atoms with van der Waals surface area (Å²) in [6.07, 6.45) is 3.81. The van der Waals surface area contributed by atoms with Crippen molar-refractivity contribution in [3.05, 3.63) is 90.3 Å². The summed E-state index contributed by atoms with van der Waals surface area (Å²) < 4.78 is 10.8. The summed E-state index contributed by atoms with van der Waals surface area (Å²) in [7, 11) is 1.68. The number of hydrogen-bond donors (Lipinski definition) is 1. The van der Waals surface area contributed by atoms with Crippen LogP contribution in [0.3, 0.4) is 0 Å². The molecular formula is C26H26N2O2. The van der Waals surface area contributed by atoms with Crippen LogP contribution in [0, 0.1) is 0 Å². The number of pyridine rings is 1. The summed E-state index contributed by atoms with van der Waals surface area (Å²) in [5, 5.41) is 5.92. The van der Waals surface area contributed by atoms with Crippen LogP contribution >= 0.6 is 0 Å². The summed E-state index contributed by atoms with van der Waals surface area (Å²) in [6, 6.07) is 22.9. The molecule has 1 aromatic heterocycles.